The van der Waals surface area contributed by atoms with Gasteiger partial charge >= 0.3 is 0 Å². The van der Waals surface area contributed by atoms with Gasteiger partial charge in [0.15, 0.2) is 0 Å². The van der Waals surface area contributed by atoms with Gasteiger partial charge in [-0.25, -0.2) is 9.97 Å². The number of fused-ring (bicyclic) bond motifs is 1. The molecule has 1 aliphatic rings. The quantitative estimate of drug-likeness (QED) is 0.779. The number of aromatic nitrogens is 2. The van der Waals surface area contributed by atoms with Crippen molar-refractivity contribution in [3.63, 3.8) is 0 Å². The minimum atomic E-state index is 0.211. The summed E-state index contributed by atoms with van der Waals surface area (Å²) in [5, 5.41) is 0. The third kappa shape index (κ3) is 2.18. The lowest BCUT2D eigenvalue weighted by atomic mass is 9.96. The first-order chi connectivity index (χ1) is 8.86. The number of rotatable bonds is 2. The lowest BCUT2D eigenvalue weighted by molar-refractivity contribution is 0.257. The Morgan fingerprint density at radius 3 is 3.06 bits per heavy atom. The molecule has 92 valence electrons. The Balaban J connectivity index is 1.87. The number of ether oxygens (including phenoxy) is 1. The normalized spacial score (nSPS) is 17.9. The number of hydrogen-bond donors (Lipinski definition) is 0. The molecule has 0 fully saturated rings. The molecule has 1 atom stereocenters. The summed E-state index contributed by atoms with van der Waals surface area (Å²) in [6.45, 7) is 0.628. The summed E-state index contributed by atoms with van der Waals surface area (Å²) in [6.07, 6.45) is 2.68. The van der Waals surface area contributed by atoms with Crippen molar-refractivity contribution in [1.29, 1.82) is 0 Å². The Morgan fingerprint density at radius 1 is 1.28 bits per heavy atom. The molecule has 1 aromatic heterocycles. The zero-order chi connectivity index (χ0) is 12.4. The van der Waals surface area contributed by atoms with E-state index in [1.54, 1.807) is 6.20 Å². The van der Waals surface area contributed by atoms with Crippen LogP contribution < -0.4 is 4.74 Å². The monoisotopic (exact) mass is 260 g/mol. The highest BCUT2D eigenvalue weighted by molar-refractivity contribution is 6.16. The summed E-state index contributed by atoms with van der Waals surface area (Å²) in [6, 6.07) is 9.95. The standard InChI is InChI=1S/C14H13ClN2O/c15-8-12-5-6-16-14(17-12)11-7-10-3-1-2-4-13(10)18-9-11/h1-6,11H,7-9H2. The molecule has 0 spiro atoms. The Morgan fingerprint density at radius 2 is 2.17 bits per heavy atom. The van der Waals surface area contributed by atoms with Crippen LogP contribution in [-0.2, 0) is 12.3 Å². The molecule has 2 aromatic rings. The second-order valence-corrected chi connectivity index (χ2v) is 4.63. The number of halogens is 1. The molecular formula is C14H13ClN2O. The first-order valence-electron chi connectivity index (χ1n) is 5.95. The second kappa shape index (κ2) is 4.94. The Kier molecular flexibility index (Phi) is 3.15. The van der Waals surface area contributed by atoms with Crippen molar-refractivity contribution < 1.29 is 4.74 Å². The molecule has 1 aromatic carbocycles. The molecule has 3 nitrogen and oxygen atoms in total. The van der Waals surface area contributed by atoms with Crippen LogP contribution in [0.4, 0.5) is 0 Å². The van der Waals surface area contributed by atoms with E-state index in [4.69, 9.17) is 16.3 Å². The van der Waals surface area contributed by atoms with Crippen LogP contribution in [0, 0.1) is 0 Å². The average molecular weight is 261 g/mol. The van der Waals surface area contributed by atoms with Crippen LogP contribution in [0.2, 0.25) is 0 Å². The maximum Gasteiger partial charge on any atom is 0.135 e. The third-order valence-corrected chi connectivity index (χ3v) is 3.39. The van der Waals surface area contributed by atoms with Gasteiger partial charge in [0.1, 0.15) is 11.6 Å². The summed E-state index contributed by atoms with van der Waals surface area (Å²) in [7, 11) is 0. The maximum absolute atomic E-state index is 5.80. The number of hydrogen-bond acceptors (Lipinski definition) is 3. The van der Waals surface area contributed by atoms with Crippen molar-refractivity contribution in [3.05, 3.63) is 53.6 Å². The number of benzene rings is 1. The van der Waals surface area contributed by atoms with E-state index in [1.165, 1.54) is 5.56 Å². The van der Waals surface area contributed by atoms with Crippen molar-refractivity contribution in [2.45, 2.75) is 18.2 Å². The zero-order valence-electron chi connectivity index (χ0n) is 9.84. The van der Waals surface area contributed by atoms with E-state index in [-0.39, 0.29) is 5.92 Å². The van der Waals surface area contributed by atoms with Crippen molar-refractivity contribution in [1.82, 2.24) is 9.97 Å². The second-order valence-electron chi connectivity index (χ2n) is 4.36. The summed E-state index contributed by atoms with van der Waals surface area (Å²) in [5.74, 6) is 2.42. The Bertz CT molecular complexity index is 559. The van der Waals surface area contributed by atoms with Crippen LogP contribution in [0.15, 0.2) is 36.5 Å². The molecule has 0 saturated carbocycles. The zero-order valence-corrected chi connectivity index (χ0v) is 10.6. The third-order valence-electron chi connectivity index (χ3n) is 3.11. The predicted molar refractivity (Wildman–Crippen MR) is 70.0 cm³/mol. The minimum Gasteiger partial charge on any atom is -0.493 e. The lowest BCUT2D eigenvalue weighted by Crippen LogP contribution is -2.21. The van der Waals surface area contributed by atoms with Gasteiger partial charge in [0, 0.05) is 6.20 Å². The fourth-order valence-corrected chi connectivity index (χ4v) is 2.33. The maximum atomic E-state index is 5.80. The fourth-order valence-electron chi connectivity index (χ4n) is 2.18. The van der Waals surface area contributed by atoms with Crippen LogP contribution >= 0.6 is 11.6 Å². The van der Waals surface area contributed by atoms with Crippen LogP contribution in [0.25, 0.3) is 0 Å². The Labute approximate surface area is 111 Å². The van der Waals surface area contributed by atoms with Crippen LogP contribution in [0.5, 0.6) is 5.75 Å². The molecule has 1 aliphatic heterocycles. The van der Waals surface area contributed by atoms with Gasteiger partial charge in [-0.05, 0) is 24.1 Å². The largest absolute Gasteiger partial charge is 0.493 e. The van der Waals surface area contributed by atoms with Gasteiger partial charge in [0.05, 0.1) is 24.1 Å². The molecule has 3 rings (SSSR count). The van der Waals surface area contributed by atoms with E-state index >= 15 is 0 Å². The van der Waals surface area contributed by atoms with Gasteiger partial charge in [0.2, 0.25) is 0 Å². The highest BCUT2D eigenvalue weighted by Crippen LogP contribution is 2.30. The van der Waals surface area contributed by atoms with Gasteiger partial charge in [-0.3, -0.25) is 0 Å². The first kappa shape index (κ1) is 11.5. The SMILES string of the molecule is ClCc1ccnc(C2COc3ccccc3C2)n1. The highest BCUT2D eigenvalue weighted by atomic mass is 35.5. The Hall–Kier alpha value is -1.61. The van der Waals surface area contributed by atoms with Gasteiger partial charge in [-0.15, -0.1) is 11.6 Å². The van der Waals surface area contributed by atoms with Crippen molar-refractivity contribution in [2.75, 3.05) is 6.61 Å². The predicted octanol–water partition coefficient (Wildman–Crippen LogP) is 2.93. The molecule has 1 unspecified atom stereocenters. The van der Waals surface area contributed by atoms with E-state index in [0.717, 1.165) is 23.7 Å². The van der Waals surface area contributed by atoms with E-state index in [0.29, 0.717) is 12.5 Å². The lowest BCUT2D eigenvalue weighted by Gasteiger charge is -2.24. The van der Waals surface area contributed by atoms with Crippen molar-refractivity contribution in [3.8, 4) is 5.75 Å². The number of para-hydroxylation sites is 1. The molecule has 0 aliphatic carbocycles. The molecule has 18 heavy (non-hydrogen) atoms. The van der Waals surface area contributed by atoms with Gasteiger partial charge in [-0.1, -0.05) is 18.2 Å². The molecule has 0 radical (unpaired) electrons. The molecule has 0 bridgehead atoms. The van der Waals surface area contributed by atoms with Crippen molar-refractivity contribution >= 4 is 11.6 Å². The highest BCUT2D eigenvalue weighted by Gasteiger charge is 2.23. The van der Waals surface area contributed by atoms with Crippen LogP contribution in [0.1, 0.15) is 23.0 Å². The van der Waals surface area contributed by atoms with E-state index in [1.807, 2.05) is 24.3 Å². The fraction of sp³-hybridized carbons (Fsp3) is 0.286. The summed E-state index contributed by atoms with van der Waals surface area (Å²) < 4.78 is 5.75. The van der Waals surface area contributed by atoms with Crippen LogP contribution in [0.3, 0.4) is 0 Å². The summed E-state index contributed by atoms with van der Waals surface area (Å²) >= 11 is 5.80. The molecule has 0 saturated heterocycles. The van der Waals surface area contributed by atoms with E-state index in [9.17, 15) is 0 Å². The topological polar surface area (TPSA) is 35.0 Å². The summed E-state index contributed by atoms with van der Waals surface area (Å²) in [5.41, 5.74) is 2.08. The van der Waals surface area contributed by atoms with Gasteiger partial charge in [0.25, 0.3) is 0 Å². The summed E-state index contributed by atoms with van der Waals surface area (Å²) in [4.78, 5) is 8.80. The molecule has 0 N–H and O–H groups in total. The molecule has 0 amide bonds. The average Bonchev–Trinajstić information content (AvgIpc) is 2.47. The molecule has 2 heterocycles. The molecule has 4 heteroatoms. The first-order valence-corrected chi connectivity index (χ1v) is 6.49. The number of alkyl halides is 1. The van der Waals surface area contributed by atoms with E-state index in [2.05, 4.69) is 16.0 Å². The van der Waals surface area contributed by atoms with Crippen LogP contribution in [-0.4, -0.2) is 16.6 Å². The smallest absolute Gasteiger partial charge is 0.135 e. The van der Waals surface area contributed by atoms with Crippen molar-refractivity contribution in [2.24, 2.45) is 0 Å². The minimum absolute atomic E-state index is 0.211. The number of nitrogens with zero attached hydrogens (tertiary/aromatic N) is 2. The van der Waals surface area contributed by atoms with Gasteiger partial charge in [-0.2, -0.15) is 0 Å². The van der Waals surface area contributed by atoms with Gasteiger partial charge < -0.3 is 4.74 Å². The molecular weight excluding hydrogens is 248 g/mol. The van der Waals surface area contributed by atoms with E-state index < -0.39 is 0 Å².